The Morgan fingerprint density at radius 2 is 1.70 bits per heavy atom. The van der Waals surface area contributed by atoms with E-state index in [2.05, 4.69) is 42.1 Å². The van der Waals surface area contributed by atoms with Crippen LogP contribution in [0, 0.1) is 19.7 Å². The number of anilines is 1. The molecule has 176 valence electrons. The maximum absolute atomic E-state index is 14.7. The monoisotopic (exact) mass is 484 g/mol. The number of likely N-dealkylation sites (tertiary alicyclic amines) is 1. The maximum atomic E-state index is 14.7. The van der Waals surface area contributed by atoms with Crippen LogP contribution in [0.5, 0.6) is 0 Å². The van der Waals surface area contributed by atoms with Gasteiger partial charge in [0.2, 0.25) is 0 Å². The largest absolute Gasteiger partial charge is 0.315 e. The van der Waals surface area contributed by atoms with Gasteiger partial charge >= 0.3 is 0 Å². The van der Waals surface area contributed by atoms with Crippen molar-refractivity contribution in [2.24, 2.45) is 0 Å². The van der Waals surface area contributed by atoms with Gasteiger partial charge in [-0.15, -0.1) is 0 Å². The van der Waals surface area contributed by atoms with E-state index in [-0.39, 0.29) is 5.82 Å². The van der Waals surface area contributed by atoms with Crippen molar-refractivity contribution in [2.75, 3.05) is 24.4 Å². The van der Waals surface area contributed by atoms with Crippen molar-refractivity contribution < 1.29 is 4.39 Å². The molecule has 1 aliphatic rings. The van der Waals surface area contributed by atoms with Gasteiger partial charge in [0, 0.05) is 29.1 Å². The molecule has 33 heavy (non-hydrogen) atoms. The van der Waals surface area contributed by atoms with E-state index in [0.29, 0.717) is 5.56 Å². The molecule has 0 unspecified atom stereocenters. The van der Waals surface area contributed by atoms with Gasteiger partial charge in [0.05, 0.1) is 5.69 Å². The molecule has 0 amide bonds. The van der Waals surface area contributed by atoms with Crippen LogP contribution in [0.2, 0.25) is 5.02 Å². The molecule has 0 spiro atoms. The Morgan fingerprint density at radius 3 is 2.30 bits per heavy atom. The van der Waals surface area contributed by atoms with Crippen LogP contribution in [0.1, 0.15) is 43.4 Å². The summed E-state index contributed by atoms with van der Waals surface area (Å²) in [5, 5.41) is 0.796. The van der Waals surface area contributed by atoms with E-state index in [1.54, 1.807) is 18.0 Å². The van der Waals surface area contributed by atoms with Crippen molar-refractivity contribution in [3.63, 3.8) is 0 Å². The third-order valence-corrected chi connectivity index (χ3v) is 7.14. The lowest BCUT2D eigenvalue weighted by atomic mass is 10.0. The lowest BCUT2D eigenvalue weighted by molar-refractivity contribution is 0.172. The van der Waals surface area contributed by atoms with Crippen molar-refractivity contribution in [1.82, 2.24) is 4.90 Å². The zero-order valence-corrected chi connectivity index (χ0v) is 21.9. The second kappa shape index (κ2) is 11.9. The van der Waals surface area contributed by atoms with Gasteiger partial charge in [-0.05, 0) is 91.8 Å². The Kier molecular flexibility index (Phi) is 9.25. The highest BCUT2D eigenvalue weighted by Gasteiger charge is 2.18. The molecular formula is C28H34ClFN2S. The van der Waals surface area contributed by atoms with E-state index in [0.717, 1.165) is 51.9 Å². The van der Waals surface area contributed by atoms with Crippen LogP contribution >= 0.6 is 23.5 Å². The van der Waals surface area contributed by atoms with Gasteiger partial charge in [0.1, 0.15) is 5.82 Å². The van der Waals surface area contributed by atoms with Crippen molar-refractivity contribution in [2.45, 2.75) is 52.0 Å². The Bertz CT molecular complexity index is 1070. The summed E-state index contributed by atoms with van der Waals surface area (Å²) in [6.45, 7) is 11.5. The van der Waals surface area contributed by atoms with Crippen LogP contribution in [0.4, 0.5) is 10.1 Å². The summed E-state index contributed by atoms with van der Waals surface area (Å²) in [6.07, 6.45) is 2.53. The molecule has 3 aromatic carbocycles. The van der Waals surface area contributed by atoms with E-state index >= 15 is 0 Å². The van der Waals surface area contributed by atoms with Crippen molar-refractivity contribution in [1.29, 1.82) is 0 Å². The first-order valence-corrected chi connectivity index (χ1v) is 12.8. The number of hydrogen-bond donors (Lipinski definition) is 0. The fraction of sp³-hybridized carbons (Fsp3) is 0.357. The zero-order chi connectivity index (χ0) is 24.0. The van der Waals surface area contributed by atoms with Crippen LogP contribution in [-0.4, -0.2) is 25.0 Å². The minimum absolute atomic E-state index is 0.198. The quantitative estimate of drug-likeness (QED) is 0.323. The molecule has 2 nitrogen and oxygen atoms in total. The molecule has 0 saturated carbocycles. The standard InChI is InChI=1S/C25H26ClFN2S.C3H8/c1-17-12-23(27)21(20-8-5-4-6-9-20)15-24(17)28(3)30-25-14-19(13-22(26)18(25)2)16-29-10-7-11-29;1-3-2/h4-6,8-9,12-15H,7,10-11,16H2,1-3H3;3H2,1-2H3. The second-order valence-electron chi connectivity index (χ2n) is 8.61. The van der Waals surface area contributed by atoms with E-state index in [4.69, 9.17) is 11.6 Å². The van der Waals surface area contributed by atoms with Crippen molar-refractivity contribution in [3.05, 3.63) is 82.1 Å². The summed E-state index contributed by atoms with van der Waals surface area (Å²) in [7, 11) is 2.02. The lowest BCUT2D eigenvalue weighted by Crippen LogP contribution is -2.36. The molecule has 5 heteroatoms. The summed E-state index contributed by atoms with van der Waals surface area (Å²) in [6, 6.07) is 17.6. The van der Waals surface area contributed by atoms with Crippen LogP contribution in [0.15, 0.2) is 59.5 Å². The van der Waals surface area contributed by atoms with Gasteiger partial charge < -0.3 is 4.31 Å². The Morgan fingerprint density at radius 1 is 1.03 bits per heavy atom. The topological polar surface area (TPSA) is 6.48 Å². The van der Waals surface area contributed by atoms with Crippen LogP contribution in [0.25, 0.3) is 11.1 Å². The van der Waals surface area contributed by atoms with Gasteiger partial charge in [-0.2, -0.15) is 0 Å². The molecule has 0 radical (unpaired) electrons. The first kappa shape index (κ1) is 25.6. The maximum Gasteiger partial charge on any atom is 0.131 e. The highest BCUT2D eigenvalue weighted by Crippen LogP contribution is 2.37. The summed E-state index contributed by atoms with van der Waals surface area (Å²) in [4.78, 5) is 3.56. The minimum Gasteiger partial charge on any atom is -0.315 e. The summed E-state index contributed by atoms with van der Waals surface area (Å²) < 4.78 is 16.8. The zero-order valence-electron chi connectivity index (χ0n) is 20.3. The predicted octanol–water partition coefficient (Wildman–Crippen LogP) is 8.53. The molecule has 3 aromatic rings. The van der Waals surface area contributed by atoms with Crippen LogP contribution in [0.3, 0.4) is 0 Å². The molecule has 0 N–H and O–H groups in total. The van der Waals surface area contributed by atoms with Gasteiger partial charge in [-0.25, -0.2) is 4.39 Å². The average Bonchev–Trinajstić information content (AvgIpc) is 2.75. The summed E-state index contributed by atoms with van der Waals surface area (Å²) >= 11 is 8.19. The first-order chi connectivity index (χ1) is 15.8. The van der Waals surface area contributed by atoms with Crippen molar-refractivity contribution >= 4 is 29.2 Å². The Labute approximate surface area is 207 Å². The molecule has 1 heterocycles. The number of benzene rings is 3. The number of aryl methyl sites for hydroxylation is 1. The fourth-order valence-electron chi connectivity index (χ4n) is 3.73. The molecule has 0 aliphatic carbocycles. The van der Waals surface area contributed by atoms with E-state index in [9.17, 15) is 4.39 Å². The Hall–Kier alpha value is -2.01. The molecule has 1 fully saturated rings. The second-order valence-corrected chi connectivity index (χ2v) is 10.2. The normalized spacial score (nSPS) is 13.2. The third kappa shape index (κ3) is 6.53. The number of halogens is 2. The SMILES string of the molecule is CCC.Cc1cc(F)c(-c2ccccc2)cc1N(C)Sc1cc(CN2CCC2)cc(Cl)c1C. The molecule has 1 saturated heterocycles. The van der Waals surface area contributed by atoms with Gasteiger partial charge in [0.15, 0.2) is 0 Å². The minimum atomic E-state index is -0.198. The summed E-state index contributed by atoms with van der Waals surface area (Å²) in [5.41, 5.74) is 5.70. The van der Waals surface area contributed by atoms with Crippen LogP contribution in [-0.2, 0) is 6.54 Å². The third-order valence-electron chi connectivity index (χ3n) is 5.66. The van der Waals surface area contributed by atoms with E-state index in [1.807, 2.05) is 50.4 Å². The van der Waals surface area contributed by atoms with Gasteiger partial charge in [-0.1, -0.05) is 62.2 Å². The molecule has 0 atom stereocenters. The molecule has 4 rings (SSSR count). The first-order valence-electron chi connectivity index (χ1n) is 11.6. The molecule has 0 bridgehead atoms. The number of nitrogens with zero attached hydrogens (tertiary/aromatic N) is 2. The lowest BCUT2D eigenvalue weighted by Gasteiger charge is -2.31. The van der Waals surface area contributed by atoms with Crippen LogP contribution < -0.4 is 4.31 Å². The van der Waals surface area contributed by atoms with Crippen molar-refractivity contribution in [3.8, 4) is 11.1 Å². The number of hydrogen-bond acceptors (Lipinski definition) is 3. The fourth-order valence-corrected chi connectivity index (χ4v) is 5.07. The van der Waals surface area contributed by atoms with Gasteiger partial charge in [-0.3, -0.25) is 4.90 Å². The average molecular weight is 485 g/mol. The molecule has 1 aliphatic heterocycles. The van der Waals surface area contributed by atoms with Gasteiger partial charge in [0.25, 0.3) is 0 Å². The number of rotatable bonds is 6. The summed E-state index contributed by atoms with van der Waals surface area (Å²) in [5.74, 6) is -0.198. The smallest absolute Gasteiger partial charge is 0.131 e. The van der Waals surface area contributed by atoms with E-state index < -0.39 is 0 Å². The highest BCUT2D eigenvalue weighted by atomic mass is 35.5. The Balaban J connectivity index is 0.000000968. The molecular weight excluding hydrogens is 451 g/mol. The highest BCUT2D eigenvalue weighted by molar-refractivity contribution is 8.00. The van der Waals surface area contributed by atoms with E-state index in [1.165, 1.54) is 18.4 Å². The molecule has 0 aromatic heterocycles. The predicted molar refractivity (Wildman–Crippen MR) is 143 cm³/mol.